The van der Waals surface area contributed by atoms with Gasteiger partial charge in [0.25, 0.3) is 0 Å². The van der Waals surface area contributed by atoms with Gasteiger partial charge >= 0.3 is 0 Å². The summed E-state index contributed by atoms with van der Waals surface area (Å²) < 4.78 is 0. The Bertz CT molecular complexity index is 882. The van der Waals surface area contributed by atoms with Gasteiger partial charge in [-0.2, -0.15) is 5.26 Å². The molecule has 1 N–H and O–H groups in total. The van der Waals surface area contributed by atoms with Crippen LogP contribution in [0, 0.1) is 18.3 Å². The average Bonchev–Trinajstić information content (AvgIpc) is 2.56. The number of benzene rings is 2. The van der Waals surface area contributed by atoms with Crippen LogP contribution in [0.5, 0.6) is 0 Å². The smallest absolute Gasteiger partial charge is 0.186 e. The summed E-state index contributed by atoms with van der Waals surface area (Å²) in [5.74, 6) is 0. The van der Waals surface area contributed by atoms with Crippen molar-refractivity contribution in [1.82, 2.24) is 10.2 Å². The van der Waals surface area contributed by atoms with E-state index in [2.05, 4.69) is 21.6 Å². The first-order chi connectivity index (χ1) is 11.2. The molecule has 0 aliphatic carbocycles. The van der Waals surface area contributed by atoms with E-state index in [1.165, 1.54) is 5.56 Å². The lowest BCUT2D eigenvalue weighted by atomic mass is 10.1. The monoisotopic (exact) mass is 322 g/mol. The first-order valence-corrected chi connectivity index (χ1v) is 7.70. The lowest BCUT2D eigenvalue weighted by molar-refractivity contribution is 1.000. The normalized spacial score (nSPS) is 10.5. The molecule has 0 amide bonds. The van der Waals surface area contributed by atoms with Crippen LogP contribution in [0.15, 0.2) is 42.5 Å². The van der Waals surface area contributed by atoms with Crippen LogP contribution in [0.3, 0.4) is 0 Å². The number of hydrogen-bond acceptors (Lipinski definition) is 4. The number of nitrogens with one attached hydrogen (secondary N) is 1. The summed E-state index contributed by atoms with van der Waals surface area (Å²) in [6.45, 7) is 2.72. The maximum absolute atomic E-state index is 9.29. The maximum atomic E-state index is 9.29. The van der Waals surface area contributed by atoms with Crippen molar-refractivity contribution in [3.8, 4) is 6.07 Å². The molecule has 3 aromatic rings. The lowest BCUT2D eigenvalue weighted by Crippen LogP contribution is -2.08. The van der Waals surface area contributed by atoms with E-state index in [9.17, 15) is 5.26 Å². The van der Waals surface area contributed by atoms with Crippen molar-refractivity contribution in [3.05, 3.63) is 64.3 Å². The van der Waals surface area contributed by atoms with Crippen molar-refractivity contribution in [2.45, 2.75) is 13.3 Å². The highest BCUT2D eigenvalue weighted by molar-refractivity contribution is 6.30. The molecule has 1 aromatic heterocycles. The minimum absolute atomic E-state index is 0.319. The molecule has 0 spiro atoms. The number of nitriles is 1. The van der Waals surface area contributed by atoms with E-state index >= 15 is 0 Å². The quantitative estimate of drug-likeness (QED) is 0.785. The molecule has 114 valence electrons. The van der Waals surface area contributed by atoms with Crippen LogP contribution in [-0.4, -0.2) is 16.7 Å². The SMILES string of the molecule is Cc1ccc2nnc(C#N)c(NCCc3ccc(Cl)cc3)c2c1. The van der Waals surface area contributed by atoms with Crippen LogP contribution < -0.4 is 5.32 Å². The third-order valence-corrected chi connectivity index (χ3v) is 3.90. The molecule has 0 aliphatic heterocycles. The van der Waals surface area contributed by atoms with Crippen LogP contribution in [0.1, 0.15) is 16.8 Å². The van der Waals surface area contributed by atoms with Crippen LogP contribution in [-0.2, 0) is 6.42 Å². The predicted molar refractivity (Wildman–Crippen MR) is 92.6 cm³/mol. The molecular formula is C18H15ClN4. The molecule has 0 saturated heterocycles. The predicted octanol–water partition coefficient (Wildman–Crippen LogP) is 4.12. The Labute approximate surface area is 139 Å². The molecule has 0 radical (unpaired) electrons. The Morgan fingerprint density at radius 2 is 1.91 bits per heavy atom. The summed E-state index contributed by atoms with van der Waals surface area (Å²) in [4.78, 5) is 0. The van der Waals surface area contributed by atoms with Crippen molar-refractivity contribution in [1.29, 1.82) is 5.26 Å². The second kappa shape index (κ2) is 6.64. The zero-order valence-corrected chi connectivity index (χ0v) is 13.4. The second-order valence-electron chi connectivity index (χ2n) is 5.36. The van der Waals surface area contributed by atoms with Gasteiger partial charge in [-0.3, -0.25) is 0 Å². The lowest BCUT2D eigenvalue weighted by Gasteiger charge is -2.11. The molecule has 0 saturated carbocycles. The van der Waals surface area contributed by atoms with E-state index in [4.69, 9.17) is 11.6 Å². The number of anilines is 1. The van der Waals surface area contributed by atoms with Crippen molar-refractivity contribution in [3.63, 3.8) is 0 Å². The van der Waals surface area contributed by atoms with Gasteiger partial charge < -0.3 is 5.32 Å². The van der Waals surface area contributed by atoms with Crippen molar-refractivity contribution in [2.75, 3.05) is 11.9 Å². The van der Waals surface area contributed by atoms with E-state index in [-0.39, 0.29) is 0 Å². The van der Waals surface area contributed by atoms with Crippen molar-refractivity contribution in [2.24, 2.45) is 0 Å². The van der Waals surface area contributed by atoms with Gasteiger partial charge in [0.05, 0.1) is 11.2 Å². The van der Waals surface area contributed by atoms with Gasteiger partial charge in [0.2, 0.25) is 0 Å². The summed E-state index contributed by atoms with van der Waals surface area (Å²) in [7, 11) is 0. The third-order valence-electron chi connectivity index (χ3n) is 3.65. The summed E-state index contributed by atoms with van der Waals surface area (Å²) in [5, 5.41) is 22.4. The molecule has 0 atom stereocenters. The maximum Gasteiger partial charge on any atom is 0.186 e. The first kappa shape index (κ1) is 15.3. The van der Waals surface area contributed by atoms with Crippen molar-refractivity contribution < 1.29 is 0 Å². The zero-order valence-electron chi connectivity index (χ0n) is 12.7. The summed E-state index contributed by atoms with van der Waals surface area (Å²) in [6, 6.07) is 15.8. The minimum Gasteiger partial charge on any atom is -0.382 e. The molecule has 4 nitrogen and oxygen atoms in total. The fraction of sp³-hybridized carbons (Fsp3) is 0.167. The Balaban J connectivity index is 1.85. The van der Waals surface area contributed by atoms with Crippen LogP contribution in [0.4, 0.5) is 5.69 Å². The fourth-order valence-electron chi connectivity index (χ4n) is 2.46. The van der Waals surface area contributed by atoms with Gasteiger partial charge in [0.15, 0.2) is 5.69 Å². The number of rotatable bonds is 4. The topological polar surface area (TPSA) is 61.6 Å². The minimum atomic E-state index is 0.319. The largest absolute Gasteiger partial charge is 0.382 e. The molecule has 1 heterocycles. The number of halogens is 1. The molecule has 0 aliphatic rings. The Hall–Kier alpha value is -2.64. The van der Waals surface area contributed by atoms with E-state index in [0.29, 0.717) is 12.2 Å². The summed E-state index contributed by atoms with van der Waals surface area (Å²) in [5.41, 5.74) is 4.15. The van der Waals surface area contributed by atoms with E-state index in [1.807, 2.05) is 49.4 Å². The zero-order chi connectivity index (χ0) is 16.2. The highest BCUT2D eigenvalue weighted by Gasteiger charge is 2.10. The van der Waals surface area contributed by atoms with Crippen LogP contribution in [0.2, 0.25) is 5.02 Å². The molecule has 0 fully saturated rings. The summed E-state index contributed by atoms with van der Waals surface area (Å²) in [6.07, 6.45) is 0.831. The van der Waals surface area contributed by atoms with Gasteiger partial charge in [-0.05, 0) is 43.2 Å². The number of aryl methyl sites for hydroxylation is 1. The molecule has 2 aromatic carbocycles. The van der Waals surface area contributed by atoms with Gasteiger partial charge in [-0.15, -0.1) is 10.2 Å². The standard InChI is InChI=1S/C18H15ClN4/c1-12-2-7-16-15(10-12)18(17(11-20)23-22-16)21-9-8-13-3-5-14(19)6-4-13/h2-7,10H,8-9H2,1H3,(H,21,22). The fourth-order valence-corrected chi connectivity index (χ4v) is 2.58. The van der Waals surface area contributed by atoms with Crippen LogP contribution >= 0.6 is 11.6 Å². The average molecular weight is 323 g/mol. The van der Waals surface area contributed by atoms with Gasteiger partial charge in [-0.1, -0.05) is 35.4 Å². The molecule has 0 bridgehead atoms. The molecular weight excluding hydrogens is 308 g/mol. The van der Waals surface area contributed by atoms with Gasteiger partial charge in [0.1, 0.15) is 6.07 Å². The second-order valence-corrected chi connectivity index (χ2v) is 5.80. The number of aromatic nitrogens is 2. The van der Waals surface area contributed by atoms with Crippen LogP contribution in [0.25, 0.3) is 10.9 Å². The Morgan fingerprint density at radius 3 is 2.65 bits per heavy atom. The van der Waals surface area contributed by atoms with E-state index in [0.717, 1.165) is 33.6 Å². The first-order valence-electron chi connectivity index (χ1n) is 7.33. The van der Waals surface area contributed by atoms with Crippen molar-refractivity contribution >= 4 is 28.2 Å². The molecule has 0 unspecified atom stereocenters. The highest BCUT2D eigenvalue weighted by Crippen LogP contribution is 2.25. The van der Waals surface area contributed by atoms with Gasteiger partial charge in [-0.25, -0.2) is 0 Å². The van der Waals surface area contributed by atoms with E-state index in [1.54, 1.807) is 0 Å². The number of hydrogen-bond donors (Lipinski definition) is 1. The Kier molecular flexibility index (Phi) is 4.40. The third kappa shape index (κ3) is 3.41. The number of nitrogens with zero attached hydrogens (tertiary/aromatic N) is 3. The molecule has 5 heteroatoms. The molecule has 23 heavy (non-hydrogen) atoms. The summed E-state index contributed by atoms with van der Waals surface area (Å²) >= 11 is 5.89. The molecule has 3 rings (SSSR count). The Morgan fingerprint density at radius 1 is 1.13 bits per heavy atom. The van der Waals surface area contributed by atoms with E-state index < -0.39 is 0 Å². The van der Waals surface area contributed by atoms with Gasteiger partial charge in [0, 0.05) is 17.0 Å². The highest BCUT2D eigenvalue weighted by atomic mass is 35.5. The number of fused-ring (bicyclic) bond motifs is 1.